The highest BCUT2D eigenvalue weighted by Crippen LogP contribution is 2.17. The molecule has 0 fully saturated rings. The summed E-state index contributed by atoms with van der Waals surface area (Å²) in [5.41, 5.74) is 0. The van der Waals surface area contributed by atoms with Crippen LogP contribution < -0.4 is 0 Å². The summed E-state index contributed by atoms with van der Waals surface area (Å²) in [5, 5.41) is 9.65. The van der Waals surface area contributed by atoms with Crippen LogP contribution in [0.4, 0.5) is 0 Å². The van der Waals surface area contributed by atoms with Crippen LogP contribution in [-0.2, 0) is 28.6 Å². The fourth-order valence-corrected chi connectivity index (χ4v) is 8.09. The molecule has 0 aromatic rings. The zero-order valence-corrected chi connectivity index (χ0v) is 41.1. The minimum Gasteiger partial charge on any atom is -0.477 e. The first-order valence-corrected chi connectivity index (χ1v) is 26.2. The molecule has 360 valence electrons. The largest absolute Gasteiger partial charge is 0.477 e. The molecule has 0 saturated heterocycles. The number of carbonyl (C=O) groups excluding carboxylic acids is 2. The summed E-state index contributed by atoms with van der Waals surface area (Å²) < 4.78 is 17.4. The topological polar surface area (TPSA) is 99.1 Å². The van der Waals surface area contributed by atoms with Crippen LogP contribution >= 0.6 is 0 Å². The van der Waals surface area contributed by atoms with Gasteiger partial charge in [0.1, 0.15) is 6.61 Å². The summed E-state index contributed by atoms with van der Waals surface area (Å²) in [6, 6.07) is -0.611. The predicted molar refractivity (Wildman–Crippen MR) is 257 cm³/mol. The Morgan fingerprint density at radius 1 is 0.475 bits per heavy atom. The predicted octanol–water partition coefficient (Wildman–Crippen LogP) is 15.0. The number of allylic oxidation sites excluding steroid dienone is 2. The molecule has 1 N–H and O–H groups in total. The molecular formula is C53H102NO7+. The quantitative estimate of drug-likeness (QED) is 0.0281. The Bertz CT molecular complexity index is 1010. The molecule has 0 aliphatic heterocycles. The van der Waals surface area contributed by atoms with Crippen molar-refractivity contribution >= 4 is 17.9 Å². The lowest BCUT2D eigenvalue weighted by Gasteiger charge is -2.31. The van der Waals surface area contributed by atoms with Crippen molar-refractivity contribution in [1.82, 2.24) is 0 Å². The molecule has 8 nitrogen and oxygen atoms in total. The number of carboxylic acid groups (broad SMARTS) is 1. The average molecular weight is 865 g/mol. The van der Waals surface area contributed by atoms with E-state index in [0.717, 1.165) is 38.5 Å². The number of carbonyl (C=O) groups is 3. The zero-order chi connectivity index (χ0) is 44.9. The van der Waals surface area contributed by atoms with Gasteiger partial charge in [-0.25, -0.2) is 4.79 Å². The summed E-state index contributed by atoms with van der Waals surface area (Å²) in [4.78, 5) is 37.2. The van der Waals surface area contributed by atoms with Crippen LogP contribution in [0.5, 0.6) is 0 Å². The van der Waals surface area contributed by atoms with Crippen LogP contribution in [0.1, 0.15) is 258 Å². The number of likely N-dealkylation sites (N-methyl/N-ethyl adjacent to an activating group) is 1. The lowest BCUT2D eigenvalue weighted by atomic mass is 10.0. The van der Waals surface area contributed by atoms with E-state index in [-0.39, 0.29) is 36.2 Å². The van der Waals surface area contributed by atoms with E-state index in [2.05, 4.69) is 26.0 Å². The Labute approximate surface area is 378 Å². The van der Waals surface area contributed by atoms with Gasteiger partial charge in [-0.2, -0.15) is 0 Å². The second-order valence-corrected chi connectivity index (χ2v) is 19.1. The molecule has 0 radical (unpaired) electrons. The second-order valence-electron chi connectivity index (χ2n) is 19.1. The Kier molecular flexibility index (Phi) is 43.3. The van der Waals surface area contributed by atoms with Gasteiger partial charge in [-0.1, -0.05) is 212 Å². The molecule has 2 atom stereocenters. The molecule has 0 amide bonds. The van der Waals surface area contributed by atoms with Crippen LogP contribution in [0.2, 0.25) is 0 Å². The number of unbranched alkanes of at least 4 members (excludes halogenated alkanes) is 32. The summed E-state index contributed by atoms with van der Waals surface area (Å²) in [7, 11) is 5.55. The maximum Gasteiger partial charge on any atom is 0.362 e. The number of hydrogen-bond acceptors (Lipinski definition) is 6. The first kappa shape index (κ1) is 59.1. The van der Waals surface area contributed by atoms with Crippen molar-refractivity contribution in [3.8, 4) is 0 Å². The van der Waals surface area contributed by atoms with E-state index < -0.39 is 18.1 Å². The Morgan fingerprint density at radius 2 is 0.820 bits per heavy atom. The molecule has 0 saturated carbocycles. The highest BCUT2D eigenvalue weighted by molar-refractivity contribution is 5.72. The van der Waals surface area contributed by atoms with Crippen LogP contribution in [0, 0.1) is 0 Å². The molecule has 0 rings (SSSR count). The molecule has 61 heavy (non-hydrogen) atoms. The van der Waals surface area contributed by atoms with E-state index in [1.165, 1.54) is 186 Å². The molecule has 0 aromatic carbocycles. The third kappa shape index (κ3) is 43.1. The van der Waals surface area contributed by atoms with Crippen LogP contribution in [0.25, 0.3) is 0 Å². The molecule has 2 unspecified atom stereocenters. The molecule has 0 heterocycles. The third-order valence-electron chi connectivity index (χ3n) is 12.2. The molecule has 8 heteroatoms. The van der Waals surface area contributed by atoms with Crippen LogP contribution in [0.3, 0.4) is 0 Å². The number of carboxylic acids is 1. The summed E-state index contributed by atoms with van der Waals surface area (Å²) in [6.07, 6.45) is 49.7. The standard InChI is InChI=1S/C53H101NO7/c1-6-8-10-12-14-16-18-20-22-24-26-28-29-31-33-35-37-39-41-43-51(55)60-48-49(47-59-46-45-50(53(57)58)54(3,4)5)61-52(56)44-42-40-38-36-34-32-30-27-25-23-21-19-17-15-13-11-9-7-2/h24,26,49-50H,6-23,25,27-48H2,1-5H3/p+1/b26-24+. The van der Waals surface area contributed by atoms with Gasteiger partial charge in [0.25, 0.3) is 0 Å². The van der Waals surface area contributed by atoms with Gasteiger partial charge < -0.3 is 23.8 Å². The second kappa shape index (κ2) is 44.7. The van der Waals surface area contributed by atoms with Gasteiger partial charge in [-0.15, -0.1) is 0 Å². The maximum atomic E-state index is 12.8. The van der Waals surface area contributed by atoms with E-state index >= 15 is 0 Å². The fourth-order valence-electron chi connectivity index (χ4n) is 8.09. The van der Waals surface area contributed by atoms with E-state index in [1.807, 2.05) is 21.1 Å². The minimum atomic E-state index is -0.871. The van der Waals surface area contributed by atoms with Crippen molar-refractivity contribution in [3.63, 3.8) is 0 Å². The minimum absolute atomic E-state index is 0.0467. The van der Waals surface area contributed by atoms with Crippen LogP contribution in [-0.4, -0.2) is 80.6 Å². The Morgan fingerprint density at radius 3 is 1.18 bits per heavy atom. The van der Waals surface area contributed by atoms with Gasteiger partial charge in [0.2, 0.25) is 0 Å². The smallest absolute Gasteiger partial charge is 0.362 e. The number of nitrogens with zero attached hydrogens (tertiary/aromatic N) is 1. The van der Waals surface area contributed by atoms with Gasteiger partial charge in [-0.3, -0.25) is 9.59 Å². The van der Waals surface area contributed by atoms with E-state index in [9.17, 15) is 19.5 Å². The van der Waals surface area contributed by atoms with Gasteiger partial charge in [-0.05, 0) is 38.5 Å². The zero-order valence-electron chi connectivity index (χ0n) is 41.1. The fraction of sp³-hybridized carbons (Fsp3) is 0.906. The molecule has 0 aromatic heterocycles. The van der Waals surface area contributed by atoms with Crippen molar-refractivity contribution in [2.75, 3.05) is 41.0 Å². The van der Waals surface area contributed by atoms with Crippen molar-refractivity contribution in [2.24, 2.45) is 0 Å². The van der Waals surface area contributed by atoms with Crippen molar-refractivity contribution in [1.29, 1.82) is 0 Å². The summed E-state index contributed by atoms with van der Waals surface area (Å²) in [5.74, 6) is -1.45. The van der Waals surface area contributed by atoms with Gasteiger partial charge in [0, 0.05) is 19.3 Å². The number of rotatable bonds is 48. The highest BCUT2D eigenvalue weighted by atomic mass is 16.6. The Hall–Kier alpha value is -1.93. The molecule has 0 aliphatic rings. The highest BCUT2D eigenvalue weighted by Gasteiger charge is 2.31. The normalized spacial score (nSPS) is 12.9. The van der Waals surface area contributed by atoms with Crippen LogP contribution in [0.15, 0.2) is 12.2 Å². The van der Waals surface area contributed by atoms with Gasteiger partial charge in [0.15, 0.2) is 12.1 Å². The average Bonchev–Trinajstić information content (AvgIpc) is 3.22. The number of quaternary nitrogens is 1. The summed E-state index contributed by atoms with van der Waals surface area (Å²) >= 11 is 0. The SMILES string of the molecule is CCCCCCCCCC/C=C/CCCCCCCCCC(=O)OCC(COCCC(C(=O)O)[N+](C)(C)C)OC(=O)CCCCCCCCCCCCCCCCCCCC. The first-order valence-electron chi connectivity index (χ1n) is 26.2. The molecular weight excluding hydrogens is 763 g/mol. The van der Waals surface area contributed by atoms with Gasteiger partial charge >= 0.3 is 17.9 Å². The first-order chi connectivity index (χ1) is 29.6. The lowest BCUT2D eigenvalue weighted by Crippen LogP contribution is -2.50. The molecule has 0 bridgehead atoms. The van der Waals surface area contributed by atoms with Gasteiger partial charge in [0.05, 0.1) is 34.4 Å². The van der Waals surface area contributed by atoms with E-state index in [1.54, 1.807) is 0 Å². The van der Waals surface area contributed by atoms with E-state index in [4.69, 9.17) is 14.2 Å². The monoisotopic (exact) mass is 865 g/mol. The number of hydrogen-bond donors (Lipinski definition) is 1. The lowest BCUT2D eigenvalue weighted by molar-refractivity contribution is -0.887. The number of aliphatic carboxylic acids is 1. The van der Waals surface area contributed by atoms with Crippen molar-refractivity contribution in [3.05, 3.63) is 12.2 Å². The maximum absolute atomic E-state index is 12.8. The molecule has 0 aliphatic carbocycles. The summed E-state index contributed by atoms with van der Waals surface area (Å²) in [6.45, 7) is 4.78. The number of esters is 2. The number of ether oxygens (including phenoxy) is 3. The molecule has 0 spiro atoms. The van der Waals surface area contributed by atoms with Crippen molar-refractivity contribution < 1.29 is 38.2 Å². The van der Waals surface area contributed by atoms with E-state index in [0.29, 0.717) is 19.3 Å². The third-order valence-corrected chi connectivity index (χ3v) is 12.2. The van der Waals surface area contributed by atoms with Crippen molar-refractivity contribution in [2.45, 2.75) is 270 Å². The Balaban J connectivity index is 4.20.